The summed E-state index contributed by atoms with van der Waals surface area (Å²) in [6, 6.07) is 15.2. The Labute approximate surface area is 188 Å². The first-order chi connectivity index (χ1) is 15.3. The summed E-state index contributed by atoms with van der Waals surface area (Å²) in [4.78, 5) is 35.9. The summed E-state index contributed by atoms with van der Waals surface area (Å²) in [5, 5.41) is 14.4. The van der Waals surface area contributed by atoms with Gasteiger partial charge in [0.25, 0.3) is 0 Å². The van der Waals surface area contributed by atoms with Crippen molar-refractivity contribution < 1.29 is 24.2 Å². The van der Waals surface area contributed by atoms with Crippen molar-refractivity contribution in [1.29, 1.82) is 0 Å². The molecule has 0 aromatic heterocycles. The highest BCUT2D eigenvalue weighted by Crippen LogP contribution is 2.44. The molecule has 2 aromatic rings. The van der Waals surface area contributed by atoms with E-state index in [2.05, 4.69) is 22.8 Å². The number of aliphatic carboxylic acids is 1. The Morgan fingerprint density at radius 2 is 1.53 bits per heavy atom. The standard InChI is InChI=1S/C25H30N2O5/c1-15(2)12-22(24(29)30)27-23(28)16(3)13-26-25(31)32-14-21-19-10-6-4-8-17(19)18-9-5-7-11-20(18)21/h4-11,15-16,21-22H,12-14H2,1-3H3,(H,26,31)(H,27,28)(H,29,30). The summed E-state index contributed by atoms with van der Waals surface area (Å²) in [5.74, 6) is -1.99. The summed E-state index contributed by atoms with van der Waals surface area (Å²) >= 11 is 0. The van der Waals surface area contributed by atoms with Crippen molar-refractivity contribution >= 4 is 18.0 Å². The molecule has 0 aliphatic heterocycles. The van der Waals surface area contributed by atoms with Crippen LogP contribution in [0, 0.1) is 11.8 Å². The van der Waals surface area contributed by atoms with Crippen molar-refractivity contribution in [3.05, 3.63) is 59.7 Å². The van der Waals surface area contributed by atoms with Crippen LogP contribution in [0.2, 0.25) is 0 Å². The summed E-state index contributed by atoms with van der Waals surface area (Å²) in [6.07, 6.45) is -0.267. The molecule has 0 spiro atoms. The maximum Gasteiger partial charge on any atom is 0.407 e. The van der Waals surface area contributed by atoms with Crippen LogP contribution in [0.4, 0.5) is 4.79 Å². The number of carbonyl (C=O) groups excluding carboxylic acids is 2. The Hall–Kier alpha value is -3.35. The van der Waals surface area contributed by atoms with E-state index in [9.17, 15) is 19.5 Å². The molecule has 170 valence electrons. The van der Waals surface area contributed by atoms with Gasteiger partial charge in [-0.25, -0.2) is 9.59 Å². The lowest BCUT2D eigenvalue weighted by Gasteiger charge is -2.20. The Morgan fingerprint density at radius 1 is 0.969 bits per heavy atom. The first-order valence-electron chi connectivity index (χ1n) is 10.9. The molecule has 0 bridgehead atoms. The van der Waals surface area contributed by atoms with E-state index in [0.29, 0.717) is 6.42 Å². The van der Waals surface area contributed by atoms with Crippen molar-refractivity contribution in [1.82, 2.24) is 10.6 Å². The van der Waals surface area contributed by atoms with Crippen molar-refractivity contribution in [2.24, 2.45) is 11.8 Å². The number of carboxylic acid groups (broad SMARTS) is 1. The van der Waals surface area contributed by atoms with Gasteiger partial charge in [0.1, 0.15) is 12.6 Å². The number of rotatable bonds is 9. The fourth-order valence-corrected chi connectivity index (χ4v) is 3.99. The third-order valence-corrected chi connectivity index (χ3v) is 5.67. The van der Waals surface area contributed by atoms with Crippen molar-refractivity contribution in [2.45, 2.75) is 39.2 Å². The van der Waals surface area contributed by atoms with E-state index in [1.54, 1.807) is 6.92 Å². The zero-order valence-corrected chi connectivity index (χ0v) is 18.6. The van der Waals surface area contributed by atoms with E-state index in [0.717, 1.165) is 22.3 Å². The number of alkyl carbamates (subject to hydrolysis) is 1. The average molecular weight is 439 g/mol. The van der Waals surface area contributed by atoms with Crippen LogP contribution in [0.25, 0.3) is 11.1 Å². The van der Waals surface area contributed by atoms with Gasteiger partial charge in [-0.2, -0.15) is 0 Å². The Balaban J connectivity index is 1.51. The second-order valence-corrected chi connectivity index (χ2v) is 8.64. The van der Waals surface area contributed by atoms with E-state index in [1.165, 1.54) is 0 Å². The molecule has 2 amide bonds. The first kappa shape index (κ1) is 23.3. The fraction of sp³-hybridized carbons (Fsp3) is 0.400. The maximum atomic E-state index is 12.3. The molecule has 2 aromatic carbocycles. The monoisotopic (exact) mass is 438 g/mol. The van der Waals surface area contributed by atoms with E-state index in [4.69, 9.17) is 4.74 Å². The molecule has 7 nitrogen and oxygen atoms in total. The SMILES string of the molecule is CC(C)CC(NC(=O)C(C)CNC(=O)OCC1c2ccccc2-c2ccccc21)C(=O)O. The smallest absolute Gasteiger partial charge is 0.407 e. The minimum atomic E-state index is -1.07. The molecule has 3 rings (SSSR count). The van der Waals surface area contributed by atoms with Gasteiger partial charge in [0.05, 0.1) is 5.92 Å². The van der Waals surface area contributed by atoms with Crippen LogP contribution >= 0.6 is 0 Å². The van der Waals surface area contributed by atoms with Crippen LogP contribution in [-0.2, 0) is 14.3 Å². The van der Waals surface area contributed by atoms with Crippen LogP contribution in [0.5, 0.6) is 0 Å². The van der Waals surface area contributed by atoms with Gasteiger partial charge in [0.15, 0.2) is 0 Å². The summed E-state index contributed by atoms with van der Waals surface area (Å²) in [5.41, 5.74) is 4.55. The molecule has 2 unspecified atom stereocenters. The maximum absolute atomic E-state index is 12.3. The van der Waals surface area contributed by atoms with Gasteiger partial charge in [-0.3, -0.25) is 4.79 Å². The summed E-state index contributed by atoms with van der Waals surface area (Å²) < 4.78 is 5.47. The number of hydrogen-bond donors (Lipinski definition) is 3. The van der Waals surface area contributed by atoms with E-state index in [-0.39, 0.29) is 25.0 Å². The quantitative estimate of drug-likeness (QED) is 0.553. The van der Waals surface area contributed by atoms with E-state index in [1.807, 2.05) is 50.2 Å². The lowest BCUT2D eigenvalue weighted by Crippen LogP contribution is -2.46. The number of carboxylic acids is 1. The molecule has 0 radical (unpaired) electrons. The number of fused-ring (bicyclic) bond motifs is 3. The highest BCUT2D eigenvalue weighted by molar-refractivity contribution is 5.85. The normalized spacial score (nSPS) is 14.2. The van der Waals surface area contributed by atoms with Crippen LogP contribution in [-0.4, -0.2) is 42.3 Å². The van der Waals surface area contributed by atoms with E-state index < -0.39 is 29.9 Å². The number of carbonyl (C=O) groups is 3. The molecular weight excluding hydrogens is 408 g/mol. The zero-order valence-electron chi connectivity index (χ0n) is 18.6. The van der Waals surface area contributed by atoms with Crippen molar-refractivity contribution in [3.8, 4) is 11.1 Å². The third-order valence-electron chi connectivity index (χ3n) is 5.67. The van der Waals surface area contributed by atoms with Gasteiger partial charge in [-0.05, 0) is 34.6 Å². The van der Waals surface area contributed by atoms with Crippen LogP contribution < -0.4 is 10.6 Å². The zero-order chi connectivity index (χ0) is 23.3. The molecule has 7 heteroatoms. The fourth-order valence-electron chi connectivity index (χ4n) is 3.99. The Morgan fingerprint density at radius 3 is 2.06 bits per heavy atom. The highest BCUT2D eigenvalue weighted by atomic mass is 16.5. The van der Waals surface area contributed by atoms with E-state index >= 15 is 0 Å². The lowest BCUT2D eigenvalue weighted by molar-refractivity contribution is -0.142. The largest absolute Gasteiger partial charge is 0.480 e. The van der Waals surface area contributed by atoms with Crippen molar-refractivity contribution in [2.75, 3.05) is 13.2 Å². The van der Waals surface area contributed by atoms with Crippen LogP contribution in [0.1, 0.15) is 44.2 Å². The number of nitrogens with one attached hydrogen (secondary N) is 2. The molecule has 1 aliphatic carbocycles. The molecule has 0 saturated carbocycles. The molecule has 0 heterocycles. The second kappa shape index (κ2) is 10.3. The van der Waals surface area contributed by atoms with Gasteiger partial charge in [-0.15, -0.1) is 0 Å². The van der Waals surface area contributed by atoms with Crippen molar-refractivity contribution in [3.63, 3.8) is 0 Å². The average Bonchev–Trinajstić information content (AvgIpc) is 3.09. The minimum Gasteiger partial charge on any atom is -0.480 e. The number of benzene rings is 2. The molecule has 1 aliphatic rings. The Bertz CT molecular complexity index is 942. The highest BCUT2D eigenvalue weighted by Gasteiger charge is 2.29. The Kier molecular flexibility index (Phi) is 7.51. The third kappa shape index (κ3) is 5.46. The molecule has 0 fully saturated rings. The van der Waals surface area contributed by atoms with Gasteiger partial charge in [0, 0.05) is 12.5 Å². The van der Waals surface area contributed by atoms with Gasteiger partial charge in [0.2, 0.25) is 5.91 Å². The van der Waals surface area contributed by atoms with Crippen LogP contribution in [0.3, 0.4) is 0 Å². The molecule has 3 N–H and O–H groups in total. The molecule has 2 atom stereocenters. The number of ether oxygens (including phenoxy) is 1. The predicted octanol–water partition coefficient (Wildman–Crippen LogP) is 3.78. The van der Waals surface area contributed by atoms with Crippen LogP contribution in [0.15, 0.2) is 48.5 Å². The lowest BCUT2D eigenvalue weighted by atomic mass is 9.98. The number of hydrogen-bond acceptors (Lipinski definition) is 4. The summed E-state index contributed by atoms with van der Waals surface area (Å²) in [6.45, 7) is 5.66. The first-order valence-corrected chi connectivity index (χ1v) is 10.9. The summed E-state index contributed by atoms with van der Waals surface area (Å²) in [7, 11) is 0. The molecular formula is C25H30N2O5. The minimum absolute atomic E-state index is 0.0405. The van der Waals surface area contributed by atoms with Gasteiger partial charge >= 0.3 is 12.1 Å². The van der Waals surface area contributed by atoms with Gasteiger partial charge in [-0.1, -0.05) is 69.3 Å². The topological polar surface area (TPSA) is 105 Å². The van der Waals surface area contributed by atoms with Gasteiger partial charge < -0.3 is 20.5 Å². The second-order valence-electron chi connectivity index (χ2n) is 8.64. The number of amides is 2. The predicted molar refractivity (Wildman–Crippen MR) is 121 cm³/mol. The molecule has 32 heavy (non-hydrogen) atoms. The molecule has 0 saturated heterocycles.